The van der Waals surface area contributed by atoms with Gasteiger partial charge in [0.1, 0.15) is 5.69 Å². The summed E-state index contributed by atoms with van der Waals surface area (Å²) < 4.78 is 0.911. The summed E-state index contributed by atoms with van der Waals surface area (Å²) in [6.07, 6.45) is 3.21. The molecule has 6 nitrogen and oxygen atoms in total. The Bertz CT molecular complexity index is 1020. The number of anilines is 1. The number of piperidine rings is 1. The summed E-state index contributed by atoms with van der Waals surface area (Å²) in [5.74, 6) is -0.248. The molecule has 1 aliphatic heterocycles. The smallest absolute Gasteiger partial charge is 0.253 e. The number of fused-ring (bicyclic) bond motifs is 1. The summed E-state index contributed by atoms with van der Waals surface area (Å²) in [5, 5.41) is 0.497. The van der Waals surface area contributed by atoms with E-state index in [9.17, 15) is 9.59 Å². The van der Waals surface area contributed by atoms with E-state index in [1.54, 1.807) is 23.2 Å². The lowest BCUT2D eigenvalue weighted by Gasteiger charge is -2.32. The zero-order chi connectivity index (χ0) is 19.0. The third-order valence-electron chi connectivity index (χ3n) is 4.95. The number of amides is 1. The molecule has 1 saturated heterocycles. The van der Waals surface area contributed by atoms with E-state index < -0.39 is 0 Å². The molecule has 1 aromatic carbocycles. The Morgan fingerprint density at radius 3 is 2.93 bits per heavy atom. The van der Waals surface area contributed by atoms with Gasteiger partial charge < -0.3 is 10.6 Å². The van der Waals surface area contributed by atoms with Gasteiger partial charge in [0.15, 0.2) is 10.9 Å². The minimum atomic E-state index is -0.207. The normalized spacial score (nSPS) is 17.2. The molecule has 0 saturated carbocycles. The van der Waals surface area contributed by atoms with E-state index in [1.165, 1.54) is 11.3 Å². The van der Waals surface area contributed by atoms with Crippen molar-refractivity contribution < 1.29 is 9.59 Å². The summed E-state index contributed by atoms with van der Waals surface area (Å²) in [6.45, 7) is 3.02. The molecule has 2 aromatic heterocycles. The van der Waals surface area contributed by atoms with Crippen LogP contribution in [0.4, 0.5) is 5.13 Å². The fourth-order valence-electron chi connectivity index (χ4n) is 3.61. The molecule has 1 amide bonds. The van der Waals surface area contributed by atoms with Crippen molar-refractivity contribution in [1.82, 2.24) is 14.9 Å². The van der Waals surface area contributed by atoms with E-state index in [-0.39, 0.29) is 17.6 Å². The standard InChI is InChI=1S/C20H20N4O2S/c1-12-9-14(10-16-17(12)23-20(21)27-16)19(26)24-8-4-5-13(11-24)18(25)15-6-2-3-7-22-15/h2-3,6-7,9-10,13H,4-5,8,11H2,1H3,(H2,21,23). The fraction of sp³-hybridized carbons (Fsp3) is 0.300. The number of nitrogens with zero attached hydrogens (tertiary/aromatic N) is 3. The van der Waals surface area contributed by atoms with Crippen LogP contribution < -0.4 is 5.73 Å². The molecule has 3 aromatic rings. The maximum Gasteiger partial charge on any atom is 0.253 e. The summed E-state index contributed by atoms with van der Waals surface area (Å²) in [6, 6.07) is 9.04. The number of Topliss-reactive ketones (excluding diaryl/α,β-unsaturated/α-hetero) is 1. The van der Waals surface area contributed by atoms with Crippen molar-refractivity contribution in [2.45, 2.75) is 19.8 Å². The van der Waals surface area contributed by atoms with Crippen LogP contribution in [0.5, 0.6) is 0 Å². The van der Waals surface area contributed by atoms with E-state index >= 15 is 0 Å². The molecule has 0 bridgehead atoms. The predicted molar refractivity (Wildman–Crippen MR) is 106 cm³/mol. The Labute approximate surface area is 161 Å². The number of hydrogen-bond donors (Lipinski definition) is 1. The maximum atomic E-state index is 13.1. The summed E-state index contributed by atoms with van der Waals surface area (Å²) >= 11 is 1.38. The third-order valence-corrected chi connectivity index (χ3v) is 5.78. The van der Waals surface area contributed by atoms with E-state index in [4.69, 9.17) is 5.73 Å². The van der Waals surface area contributed by atoms with Crippen molar-refractivity contribution >= 4 is 38.4 Å². The fourth-order valence-corrected chi connectivity index (χ4v) is 4.46. The average molecular weight is 380 g/mol. The second-order valence-corrected chi connectivity index (χ2v) is 7.92. The number of nitrogen functional groups attached to an aromatic ring is 1. The zero-order valence-electron chi connectivity index (χ0n) is 15.0. The molecule has 3 heterocycles. The van der Waals surface area contributed by atoms with Crippen LogP contribution in [0.25, 0.3) is 10.2 Å². The van der Waals surface area contributed by atoms with Crippen LogP contribution in [0.1, 0.15) is 39.3 Å². The van der Waals surface area contributed by atoms with Crippen molar-refractivity contribution in [1.29, 1.82) is 0 Å². The predicted octanol–water partition coefficient (Wildman–Crippen LogP) is 3.32. The quantitative estimate of drug-likeness (QED) is 0.704. The van der Waals surface area contributed by atoms with Crippen molar-refractivity contribution in [2.75, 3.05) is 18.8 Å². The van der Waals surface area contributed by atoms with Gasteiger partial charge >= 0.3 is 0 Å². The number of ketones is 1. The Kier molecular flexibility index (Phi) is 4.61. The van der Waals surface area contributed by atoms with Gasteiger partial charge in [-0.2, -0.15) is 0 Å². The number of carbonyl (C=O) groups excluding carboxylic acids is 2. The zero-order valence-corrected chi connectivity index (χ0v) is 15.8. The molecule has 1 atom stereocenters. The number of rotatable bonds is 3. The summed E-state index contributed by atoms with van der Waals surface area (Å²) in [7, 11) is 0. The molecule has 27 heavy (non-hydrogen) atoms. The molecule has 138 valence electrons. The Hall–Kier alpha value is -2.80. The molecule has 2 N–H and O–H groups in total. The van der Waals surface area contributed by atoms with Gasteiger partial charge in [0.2, 0.25) is 0 Å². The van der Waals surface area contributed by atoms with Crippen LogP contribution in [-0.4, -0.2) is 39.6 Å². The maximum absolute atomic E-state index is 13.1. The molecule has 7 heteroatoms. The Balaban J connectivity index is 1.56. The number of carbonyl (C=O) groups is 2. The van der Waals surface area contributed by atoms with Gasteiger partial charge in [0, 0.05) is 30.8 Å². The highest BCUT2D eigenvalue weighted by molar-refractivity contribution is 7.22. The lowest BCUT2D eigenvalue weighted by Crippen LogP contribution is -2.42. The number of hydrogen-bond acceptors (Lipinski definition) is 6. The molecular weight excluding hydrogens is 360 g/mol. The second-order valence-electron chi connectivity index (χ2n) is 6.86. The highest BCUT2D eigenvalue weighted by Gasteiger charge is 2.30. The Morgan fingerprint density at radius 1 is 1.30 bits per heavy atom. The first-order valence-corrected chi connectivity index (χ1v) is 9.76. The van der Waals surface area contributed by atoms with Crippen molar-refractivity contribution in [3.8, 4) is 0 Å². The van der Waals surface area contributed by atoms with E-state index in [0.29, 0.717) is 29.5 Å². The first-order valence-electron chi connectivity index (χ1n) is 8.94. The highest BCUT2D eigenvalue weighted by Crippen LogP contribution is 2.29. The number of aryl methyl sites for hydroxylation is 1. The number of benzene rings is 1. The van der Waals surface area contributed by atoms with Gasteiger partial charge in [-0.1, -0.05) is 17.4 Å². The number of thiazole rings is 1. The van der Waals surface area contributed by atoms with Crippen LogP contribution >= 0.6 is 11.3 Å². The van der Waals surface area contributed by atoms with Crippen LogP contribution in [0.3, 0.4) is 0 Å². The number of aromatic nitrogens is 2. The molecule has 1 unspecified atom stereocenters. The molecule has 0 spiro atoms. The SMILES string of the molecule is Cc1cc(C(=O)N2CCCC(C(=O)c3ccccn3)C2)cc2sc(N)nc12. The van der Waals surface area contributed by atoms with Crippen LogP contribution in [0, 0.1) is 12.8 Å². The number of likely N-dealkylation sites (tertiary alicyclic amines) is 1. The summed E-state index contributed by atoms with van der Waals surface area (Å²) in [4.78, 5) is 36.0. The van der Waals surface area contributed by atoms with Crippen molar-refractivity contribution in [3.63, 3.8) is 0 Å². The van der Waals surface area contributed by atoms with Crippen LogP contribution in [0.15, 0.2) is 36.5 Å². The lowest BCUT2D eigenvalue weighted by molar-refractivity contribution is 0.0635. The van der Waals surface area contributed by atoms with Gasteiger partial charge in [-0.25, -0.2) is 4.98 Å². The van der Waals surface area contributed by atoms with Gasteiger partial charge in [-0.3, -0.25) is 14.6 Å². The Morgan fingerprint density at radius 2 is 2.15 bits per heavy atom. The molecule has 1 fully saturated rings. The molecule has 4 rings (SSSR count). The minimum Gasteiger partial charge on any atom is -0.375 e. The number of nitrogens with two attached hydrogens (primary N) is 1. The monoisotopic (exact) mass is 380 g/mol. The van der Waals surface area contributed by atoms with Crippen molar-refractivity contribution in [3.05, 3.63) is 53.3 Å². The van der Waals surface area contributed by atoms with E-state index in [0.717, 1.165) is 28.6 Å². The molecule has 0 aliphatic carbocycles. The van der Waals surface area contributed by atoms with Gasteiger partial charge in [0.05, 0.1) is 10.2 Å². The molecular formula is C20H20N4O2S. The largest absolute Gasteiger partial charge is 0.375 e. The van der Waals surface area contributed by atoms with E-state index in [2.05, 4.69) is 9.97 Å². The average Bonchev–Trinajstić information content (AvgIpc) is 3.08. The van der Waals surface area contributed by atoms with Gasteiger partial charge in [-0.05, 0) is 49.6 Å². The first-order chi connectivity index (χ1) is 13.0. The van der Waals surface area contributed by atoms with Crippen LogP contribution in [-0.2, 0) is 0 Å². The van der Waals surface area contributed by atoms with Gasteiger partial charge in [-0.15, -0.1) is 0 Å². The second kappa shape index (κ2) is 7.08. The highest BCUT2D eigenvalue weighted by atomic mass is 32.1. The van der Waals surface area contributed by atoms with Crippen LogP contribution in [0.2, 0.25) is 0 Å². The summed E-state index contributed by atoms with van der Waals surface area (Å²) in [5.41, 5.74) is 8.67. The van der Waals surface area contributed by atoms with Crippen molar-refractivity contribution in [2.24, 2.45) is 5.92 Å². The topological polar surface area (TPSA) is 89.2 Å². The molecule has 0 radical (unpaired) electrons. The molecule has 1 aliphatic rings. The third kappa shape index (κ3) is 3.42. The lowest BCUT2D eigenvalue weighted by atomic mass is 9.91. The first kappa shape index (κ1) is 17.6. The number of pyridine rings is 1. The van der Waals surface area contributed by atoms with Gasteiger partial charge in [0.25, 0.3) is 5.91 Å². The minimum absolute atomic E-state index is 0.00923. The van der Waals surface area contributed by atoms with E-state index in [1.807, 2.05) is 25.1 Å².